The molecule has 90 valence electrons. The maximum Gasteiger partial charge on any atom is 0.213 e. The van der Waals surface area contributed by atoms with Gasteiger partial charge in [0, 0.05) is 17.5 Å². The van der Waals surface area contributed by atoms with Crippen LogP contribution >= 0.6 is 0 Å². The van der Waals surface area contributed by atoms with Crippen molar-refractivity contribution in [2.45, 2.75) is 20.4 Å². The van der Waals surface area contributed by atoms with Crippen LogP contribution in [0.1, 0.15) is 17.1 Å². The second kappa shape index (κ2) is 4.91. The number of aromatic nitrogens is 2. The Labute approximate surface area is 101 Å². The van der Waals surface area contributed by atoms with Gasteiger partial charge in [0.1, 0.15) is 0 Å². The van der Waals surface area contributed by atoms with Gasteiger partial charge >= 0.3 is 0 Å². The maximum absolute atomic E-state index is 5.09. The first kappa shape index (κ1) is 11.5. The second-order valence-corrected chi connectivity index (χ2v) is 3.96. The topological polar surface area (TPSA) is 39.1 Å². The fourth-order valence-electron chi connectivity index (χ4n) is 1.75. The van der Waals surface area contributed by atoms with E-state index in [0.29, 0.717) is 12.4 Å². The standard InChI is InChI=1S/C13H17N3O/c1-10-7-8-11(2)16(10)14-9-12-5-4-6-13(15-12)17-3/h4-8,14H,9H2,1-3H3. The minimum absolute atomic E-state index is 0.644. The van der Waals surface area contributed by atoms with Gasteiger partial charge in [0.15, 0.2) is 0 Å². The highest BCUT2D eigenvalue weighted by Crippen LogP contribution is 2.08. The van der Waals surface area contributed by atoms with Crippen molar-refractivity contribution >= 4 is 0 Å². The van der Waals surface area contributed by atoms with Crippen LogP contribution in [-0.4, -0.2) is 16.8 Å². The van der Waals surface area contributed by atoms with Crippen LogP contribution in [0.2, 0.25) is 0 Å². The minimum Gasteiger partial charge on any atom is -0.481 e. The lowest BCUT2D eigenvalue weighted by Crippen LogP contribution is -2.17. The lowest BCUT2D eigenvalue weighted by molar-refractivity contribution is 0.396. The highest BCUT2D eigenvalue weighted by molar-refractivity contribution is 5.19. The average Bonchev–Trinajstić information content (AvgIpc) is 2.67. The summed E-state index contributed by atoms with van der Waals surface area (Å²) >= 11 is 0. The van der Waals surface area contributed by atoms with Gasteiger partial charge in [0.25, 0.3) is 0 Å². The normalized spacial score (nSPS) is 10.3. The summed E-state index contributed by atoms with van der Waals surface area (Å²) < 4.78 is 7.15. The molecule has 0 spiro atoms. The Bertz CT molecular complexity index is 486. The summed E-state index contributed by atoms with van der Waals surface area (Å²) in [6.07, 6.45) is 0. The predicted molar refractivity (Wildman–Crippen MR) is 67.8 cm³/mol. The Balaban J connectivity index is 2.07. The molecule has 0 atom stereocenters. The second-order valence-electron chi connectivity index (χ2n) is 3.96. The lowest BCUT2D eigenvalue weighted by Gasteiger charge is -2.12. The smallest absolute Gasteiger partial charge is 0.213 e. The first-order valence-electron chi connectivity index (χ1n) is 5.59. The monoisotopic (exact) mass is 231 g/mol. The van der Waals surface area contributed by atoms with Crippen LogP contribution < -0.4 is 10.2 Å². The van der Waals surface area contributed by atoms with Crippen LogP contribution in [0, 0.1) is 13.8 Å². The molecule has 0 fully saturated rings. The fraction of sp³-hybridized carbons (Fsp3) is 0.308. The predicted octanol–water partition coefficient (Wildman–Crippen LogP) is 2.25. The molecule has 4 heteroatoms. The van der Waals surface area contributed by atoms with Gasteiger partial charge in [0.2, 0.25) is 5.88 Å². The molecule has 2 heterocycles. The highest BCUT2D eigenvalue weighted by atomic mass is 16.5. The molecule has 17 heavy (non-hydrogen) atoms. The average molecular weight is 231 g/mol. The molecule has 0 saturated heterocycles. The molecule has 0 aromatic carbocycles. The van der Waals surface area contributed by atoms with Gasteiger partial charge in [0.05, 0.1) is 19.3 Å². The highest BCUT2D eigenvalue weighted by Gasteiger charge is 2.01. The Morgan fingerprint density at radius 1 is 1.18 bits per heavy atom. The number of ether oxygens (including phenoxy) is 1. The van der Waals surface area contributed by atoms with Gasteiger partial charge in [-0.3, -0.25) is 4.68 Å². The Morgan fingerprint density at radius 3 is 2.53 bits per heavy atom. The summed E-state index contributed by atoms with van der Waals surface area (Å²) in [5.41, 5.74) is 6.65. The number of rotatable bonds is 4. The molecule has 0 saturated carbocycles. The van der Waals surface area contributed by atoms with Gasteiger partial charge in [-0.05, 0) is 32.0 Å². The molecule has 0 radical (unpaired) electrons. The van der Waals surface area contributed by atoms with E-state index in [1.54, 1.807) is 7.11 Å². The largest absolute Gasteiger partial charge is 0.481 e. The van der Waals surface area contributed by atoms with E-state index in [2.05, 4.69) is 41.1 Å². The van der Waals surface area contributed by atoms with E-state index >= 15 is 0 Å². The van der Waals surface area contributed by atoms with Crippen LogP contribution in [0.25, 0.3) is 0 Å². The number of hydrogen-bond acceptors (Lipinski definition) is 3. The summed E-state index contributed by atoms with van der Waals surface area (Å²) in [6, 6.07) is 9.93. The van der Waals surface area contributed by atoms with Crippen molar-refractivity contribution in [1.82, 2.24) is 9.66 Å². The van der Waals surface area contributed by atoms with Crippen molar-refractivity contribution in [3.05, 3.63) is 47.4 Å². The first-order chi connectivity index (χ1) is 8.20. The maximum atomic E-state index is 5.09. The van der Waals surface area contributed by atoms with E-state index in [1.807, 2.05) is 18.2 Å². The summed E-state index contributed by atoms with van der Waals surface area (Å²) in [5, 5.41) is 0. The van der Waals surface area contributed by atoms with Crippen molar-refractivity contribution in [2.24, 2.45) is 0 Å². The lowest BCUT2D eigenvalue weighted by atomic mass is 10.3. The van der Waals surface area contributed by atoms with E-state index in [-0.39, 0.29) is 0 Å². The quantitative estimate of drug-likeness (QED) is 0.877. The third-order valence-electron chi connectivity index (χ3n) is 2.68. The zero-order valence-corrected chi connectivity index (χ0v) is 10.4. The molecule has 0 aliphatic carbocycles. The van der Waals surface area contributed by atoms with Crippen molar-refractivity contribution in [2.75, 3.05) is 12.5 Å². The number of pyridine rings is 1. The summed E-state index contributed by atoms with van der Waals surface area (Å²) in [6.45, 7) is 4.81. The third-order valence-corrected chi connectivity index (χ3v) is 2.68. The molecule has 0 unspecified atom stereocenters. The van der Waals surface area contributed by atoms with Crippen LogP contribution in [0.4, 0.5) is 0 Å². The molecular formula is C13H17N3O. The van der Waals surface area contributed by atoms with Gasteiger partial charge in [-0.25, -0.2) is 4.98 Å². The molecule has 0 aliphatic heterocycles. The van der Waals surface area contributed by atoms with Crippen molar-refractivity contribution in [3.8, 4) is 5.88 Å². The van der Waals surface area contributed by atoms with E-state index in [1.165, 1.54) is 11.4 Å². The molecular weight excluding hydrogens is 214 g/mol. The van der Waals surface area contributed by atoms with E-state index < -0.39 is 0 Å². The van der Waals surface area contributed by atoms with Gasteiger partial charge in [-0.2, -0.15) is 0 Å². The van der Waals surface area contributed by atoms with Crippen LogP contribution in [0.5, 0.6) is 5.88 Å². The van der Waals surface area contributed by atoms with E-state index in [4.69, 9.17) is 4.74 Å². The first-order valence-corrected chi connectivity index (χ1v) is 5.59. The fourth-order valence-corrected chi connectivity index (χ4v) is 1.75. The Kier molecular flexibility index (Phi) is 3.32. The number of methoxy groups -OCH3 is 1. The summed E-state index contributed by atoms with van der Waals surface area (Å²) in [7, 11) is 1.62. The molecule has 0 amide bonds. The van der Waals surface area contributed by atoms with E-state index in [0.717, 1.165) is 5.69 Å². The molecule has 2 rings (SSSR count). The van der Waals surface area contributed by atoms with Crippen molar-refractivity contribution in [3.63, 3.8) is 0 Å². The zero-order chi connectivity index (χ0) is 12.3. The van der Waals surface area contributed by atoms with Gasteiger partial charge in [-0.15, -0.1) is 0 Å². The molecule has 1 N–H and O–H groups in total. The molecule has 4 nitrogen and oxygen atoms in total. The number of aryl methyl sites for hydroxylation is 2. The third kappa shape index (κ3) is 2.58. The van der Waals surface area contributed by atoms with Crippen molar-refractivity contribution in [1.29, 1.82) is 0 Å². The summed E-state index contributed by atoms with van der Waals surface area (Å²) in [5.74, 6) is 0.644. The molecule has 2 aromatic heterocycles. The molecule has 2 aromatic rings. The molecule has 0 aliphatic rings. The van der Waals surface area contributed by atoms with Gasteiger partial charge in [-0.1, -0.05) is 6.07 Å². The SMILES string of the molecule is COc1cccc(CNn2c(C)ccc2C)n1. The molecule has 0 bridgehead atoms. The van der Waals surface area contributed by atoms with E-state index in [9.17, 15) is 0 Å². The van der Waals surface area contributed by atoms with Crippen LogP contribution in [0.3, 0.4) is 0 Å². The van der Waals surface area contributed by atoms with Crippen LogP contribution in [0.15, 0.2) is 30.3 Å². The number of nitrogens with zero attached hydrogens (tertiary/aromatic N) is 2. The Hall–Kier alpha value is -1.97. The Morgan fingerprint density at radius 2 is 1.88 bits per heavy atom. The minimum atomic E-state index is 0.644. The summed E-state index contributed by atoms with van der Waals surface area (Å²) in [4.78, 5) is 4.35. The van der Waals surface area contributed by atoms with Crippen molar-refractivity contribution < 1.29 is 4.74 Å². The zero-order valence-electron chi connectivity index (χ0n) is 10.4. The van der Waals surface area contributed by atoms with Gasteiger partial charge < -0.3 is 10.2 Å². The number of hydrogen-bond donors (Lipinski definition) is 1. The van der Waals surface area contributed by atoms with Crippen LogP contribution in [-0.2, 0) is 6.54 Å². The number of nitrogens with one attached hydrogen (secondary N) is 1.